The number of hydrogen-bond donors (Lipinski definition) is 2. The van der Waals surface area contributed by atoms with Crippen LogP contribution in [-0.2, 0) is 16.6 Å². The second-order valence-electron chi connectivity index (χ2n) is 7.05. The normalized spacial score (nSPS) is 11.1. The second kappa shape index (κ2) is 11.0. The molecule has 9 nitrogen and oxygen atoms in total. The number of halogens is 1. The van der Waals surface area contributed by atoms with E-state index in [2.05, 4.69) is 19.4 Å². The van der Waals surface area contributed by atoms with Crippen molar-refractivity contribution < 1.29 is 74.8 Å². The number of hydrogen-bond acceptors (Lipinski definition) is 7. The Kier molecular flexibility index (Phi) is 8.57. The van der Waals surface area contributed by atoms with Gasteiger partial charge in [0.05, 0.1) is 5.69 Å². The van der Waals surface area contributed by atoms with E-state index in [1.165, 1.54) is 37.6 Å². The van der Waals surface area contributed by atoms with E-state index in [0.29, 0.717) is 22.3 Å². The smallest absolute Gasteiger partial charge is 1.00 e. The first-order valence-electron chi connectivity index (χ1n) is 9.77. The van der Waals surface area contributed by atoms with E-state index >= 15 is 0 Å². The van der Waals surface area contributed by atoms with Gasteiger partial charge in [0, 0.05) is 42.9 Å². The number of ether oxygens (including phenoxy) is 1. The molecule has 0 bridgehead atoms. The maximum atomic E-state index is 14.9. The number of aryl methyl sites for hydroxylation is 1. The summed E-state index contributed by atoms with van der Waals surface area (Å²) in [4.78, 5) is 20.7. The first-order valence-corrected chi connectivity index (χ1v) is 11.3. The van der Waals surface area contributed by atoms with Crippen molar-refractivity contribution in [1.82, 2.24) is 14.7 Å². The Bertz CT molecular complexity index is 1500. The van der Waals surface area contributed by atoms with E-state index < -0.39 is 21.7 Å². The molecule has 0 saturated heterocycles. The van der Waals surface area contributed by atoms with Gasteiger partial charge in [0.1, 0.15) is 11.3 Å². The maximum Gasteiger partial charge on any atom is 1.00 e. The summed E-state index contributed by atoms with van der Waals surface area (Å²) in [6.07, 6.45) is 3.00. The van der Waals surface area contributed by atoms with Gasteiger partial charge in [-0.15, -0.1) is 0 Å². The van der Waals surface area contributed by atoms with Crippen LogP contribution in [0.4, 0.5) is 10.1 Å². The molecule has 0 amide bonds. The fourth-order valence-corrected chi connectivity index (χ4v) is 3.82. The van der Waals surface area contributed by atoms with Gasteiger partial charge in [-0.3, -0.25) is 4.72 Å². The number of benzene rings is 2. The Balaban J connectivity index is 0.00000216. The molecular weight excluding hydrogens is 490 g/mol. The van der Waals surface area contributed by atoms with Crippen LogP contribution < -0.4 is 71.2 Å². The third-order valence-electron chi connectivity index (χ3n) is 4.97. The summed E-state index contributed by atoms with van der Waals surface area (Å²) in [5.74, 6) is -0.388. The molecule has 0 atom stereocenters. The van der Waals surface area contributed by atoms with Crippen molar-refractivity contribution in [2.45, 2.75) is 13.3 Å². The quantitative estimate of drug-likeness (QED) is 0.273. The molecule has 34 heavy (non-hydrogen) atoms. The molecule has 172 valence electrons. The van der Waals surface area contributed by atoms with Gasteiger partial charge in [-0.2, -0.15) is 8.42 Å². The van der Waals surface area contributed by atoms with Gasteiger partial charge >= 0.3 is 63.0 Å². The summed E-state index contributed by atoms with van der Waals surface area (Å²) in [5.41, 5.74) is 0.454. The average molecular weight is 511 g/mol. The minimum Gasteiger partial charge on any atom is -1.00 e. The number of nitrogens with zero attached hydrogens (tertiary/aromatic N) is 2. The standard InChI is InChI=1S/C22H19FN4O5S.K.H/c1-13-16-8-7-15(31-22-25-9-4-10-26-22)12-19(16)32-21(28)17(13)11-14-5-3-6-18(20(14)23)27-33(29,30)24-2;;/h3-10,12,24,27H,11H2,1-2H3;;/q;+1;-1. The minimum absolute atomic E-state index is 0. The van der Waals surface area contributed by atoms with Crippen LogP contribution in [0.25, 0.3) is 11.0 Å². The van der Waals surface area contributed by atoms with Crippen molar-refractivity contribution in [2.24, 2.45) is 0 Å². The van der Waals surface area contributed by atoms with E-state index in [-0.39, 0.29) is 82.1 Å². The van der Waals surface area contributed by atoms with E-state index in [1.807, 2.05) is 0 Å². The fraction of sp³-hybridized carbons (Fsp3) is 0.136. The van der Waals surface area contributed by atoms with Crippen LogP contribution in [0, 0.1) is 12.7 Å². The molecule has 0 aliphatic rings. The molecule has 2 N–H and O–H groups in total. The van der Waals surface area contributed by atoms with E-state index in [4.69, 9.17) is 9.15 Å². The summed E-state index contributed by atoms with van der Waals surface area (Å²) in [6, 6.07) is 11.0. The Hall–Kier alpha value is -2.19. The van der Waals surface area contributed by atoms with Crippen molar-refractivity contribution in [3.8, 4) is 11.8 Å². The molecule has 0 unspecified atom stereocenters. The Labute approximate surface area is 238 Å². The van der Waals surface area contributed by atoms with E-state index in [9.17, 15) is 17.6 Å². The molecule has 2 aromatic carbocycles. The number of nitrogens with one attached hydrogen (secondary N) is 2. The summed E-state index contributed by atoms with van der Waals surface area (Å²) < 4.78 is 53.6. The number of fused-ring (bicyclic) bond motifs is 1. The van der Waals surface area contributed by atoms with Gasteiger partial charge in [-0.25, -0.2) is 23.9 Å². The monoisotopic (exact) mass is 510 g/mol. The molecule has 2 aromatic heterocycles. The van der Waals surface area contributed by atoms with E-state index in [1.54, 1.807) is 31.2 Å². The van der Waals surface area contributed by atoms with Crippen molar-refractivity contribution in [3.63, 3.8) is 0 Å². The third-order valence-corrected chi connectivity index (χ3v) is 6.00. The molecule has 0 spiro atoms. The van der Waals surface area contributed by atoms with Crippen molar-refractivity contribution in [2.75, 3.05) is 11.8 Å². The van der Waals surface area contributed by atoms with Crippen molar-refractivity contribution >= 4 is 26.9 Å². The molecule has 0 aliphatic carbocycles. The molecule has 2 heterocycles. The molecule has 12 heteroatoms. The largest absolute Gasteiger partial charge is 1.00 e. The van der Waals surface area contributed by atoms with Gasteiger partial charge in [0.25, 0.3) is 10.2 Å². The topological polar surface area (TPSA) is 123 Å². The predicted molar refractivity (Wildman–Crippen MR) is 121 cm³/mol. The number of anilines is 1. The van der Waals surface area contributed by atoms with Crippen LogP contribution in [0.3, 0.4) is 0 Å². The molecule has 4 rings (SSSR count). The Morgan fingerprint density at radius 3 is 2.59 bits per heavy atom. The molecule has 0 saturated carbocycles. The van der Waals surface area contributed by atoms with Gasteiger partial charge in [-0.05, 0) is 42.3 Å². The van der Waals surface area contributed by atoms with Crippen molar-refractivity contribution in [1.29, 1.82) is 0 Å². The molecule has 4 aromatic rings. The summed E-state index contributed by atoms with van der Waals surface area (Å²) in [7, 11) is -2.69. The third kappa shape index (κ3) is 5.89. The predicted octanol–water partition coefficient (Wildman–Crippen LogP) is 0.406. The fourth-order valence-electron chi connectivity index (χ4n) is 3.27. The zero-order chi connectivity index (χ0) is 23.6. The van der Waals surface area contributed by atoms with Gasteiger partial charge < -0.3 is 10.6 Å². The van der Waals surface area contributed by atoms with Gasteiger partial charge in [0.15, 0.2) is 5.82 Å². The van der Waals surface area contributed by atoms with Crippen LogP contribution in [0.1, 0.15) is 18.1 Å². The van der Waals surface area contributed by atoms with Crippen LogP contribution in [0.5, 0.6) is 11.8 Å². The summed E-state index contributed by atoms with van der Waals surface area (Å²) >= 11 is 0. The molecule has 0 fully saturated rings. The van der Waals surface area contributed by atoms with Crippen molar-refractivity contribution in [3.05, 3.63) is 87.8 Å². The first kappa shape index (κ1) is 26.4. The number of aromatic nitrogens is 2. The van der Waals surface area contributed by atoms with Crippen LogP contribution in [0.15, 0.2) is 64.1 Å². The van der Waals surface area contributed by atoms with Gasteiger partial charge in [-0.1, -0.05) is 12.1 Å². The van der Waals surface area contributed by atoms with Crippen LogP contribution in [-0.4, -0.2) is 25.4 Å². The molecular formula is C22H20FKN4O5S. The SMILES string of the molecule is CNS(=O)(=O)Nc1cccc(Cc2c(C)c3ccc(Oc4ncccn4)cc3oc2=O)c1F.[H-].[K+]. The summed E-state index contributed by atoms with van der Waals surface area (Å²) in [5, 5.41) is 0.651. The molecule has 0 radical (unpaired) electrons. The zero-order valence-electron chi connectivity index (χ0n) is 19.6. The number of rotatable bonds is 7. The average Bonchev–Trinajstić information content (AvgIpc) is 2.79. The van der Waals surface area contributed by atoms with Crippen LogP contribution in [0.2, 0.25) is 0 Å². The molecule has 0 aliphatic heterocycles. The first-order chi connectivity index (χ1) is 15.8. The van der Waals surface area contributed by atoms with Crippen LogP contribution >= 0.6 is 0 Å². The van der Waals surface area contributed by atoms with E-state index in [0.717, 1.165) is 0 Å². The Morgan fingerprint density at radius 1 is 1.15 bits per heavy atom. The second-order valence-corrected chi connectivity index (χ2v) is 8.67. The maximum absolute atomic E-state index is 14.9. The minimum atomic E-state index is -3.90. The summed E-state index contributed by atoms with van der Waals surface area (Å²) in [6.45, 7) is 1.74. The van der Waals surface area contributed by atoms with Gasteiger partial charge in [0.2, 0.25) is 0 Å². The zero-order valence-corrected chi connectivity index (χ0v) is 22.6. The Morgan fingerprint density at radius 2 is 1.88 bits per heavy atom.